The number of nitrogens with zero attached hydrogens (tertiary/aromatic N) is 2. The molecule has 0 saturated heterocycles. The van der Waals surface area contributed by atoms with Gasteiger partial charge in [-0.05, 0) is 49.1 Å². The van der Waals surface area contributed by atoms with Crippen LogP contribution in [0.25, 0.3) is 32.1 Å². The van der Waals surface area contributed by atoms with E-state index in [2.05, 4.69) is 10.3 Å². The first-order chi connectivity index (χ1) is 18.4. The van der Waals surface area contributed by atoms with Crippen LogP contribution < -0.4 is 15.6 Å². The molecule has 38 heavy (non-hydrogen) atoms. The second-order valence-electron chi connectivity index (χ2n) is 8.62. The van der Waals surface area contributed by atoms with Crippen LogP contribution in [-0.2, 0) is 16.6 Å². The second-order valence-corrected chi connectivity index (χ2v) is 9.65. The van der Waals surface area contributed by atoms with E-state index in [0.29, 0.717) is 28.1 Å². The maximum absolute atomic E-state index is 13.5. The van der Waals surface area contributed by atoms with Crippen molar-refractivity contribution in [2.75, 3.05) is 11.9 Å². The zero-order chi connectivity index (χ0) is 26.8. The maximum Gasteiger partial charge on any atom is 0.356 e. The molecule has 0 fully saturated rings. The lowest BCUT2D eigenvalue weighted by molar-refractivity contribution is -0.123. The summed E-state index contributed by atoms with van der Waals surface area (Å²) in [5.74, 6) is -0.587. The van der Waals surface area contributed by atoms with Crippen LogP contribution in [0.5, 0.6) is 5.75 Å². The molecule has 0 radical (unpaired) electrons. The minimum absolute atomic E-state index is 0.0722. The third-order valence-electron chi connectivity index (χ3n) is 6.11. The van der Waals surface area contributed by atoms with Crippen LogP contribution in [0.1, 0.15) is 24.3 Å². The highest BCUT2D eigenvalue weighted by molar-refractivity contribution is 7.22. The lowest BCUT2D eigenvalue weighted by Crippen LogP contribution is -2.32. The van der Waals surface area contributed by atoms with Crippen molar-refractivity contribution in [3.8, 4) is 16.9 Å². The fourth-order valence-corrected chi connectivity index (χ4v) is 5.19. The van der Waals surface area contributed by atoms with Crippen molar-refractivity contribution in [3.63, 3.8) is 0 Å². The molecule has 0 aliphatic carbocycles. The number of amides is 1. The molecule has 1 amide bonds. The molecule has 1 N–H and O–H groups in total. The third-order valence-corrected chi connectivity index (χ3v) is 7.05. The van der Waals surface area contributed by atoms with E-state index in [1.807, 2.05) is 61.5 Å². The topological polar surface area (TPSA) is 99.5 Å². The molecule has 192 valence electrons. The molecular weight excluding hydrogens is 502 g/mol. The van der Waals surface area contributed by atoms with Gasteiger partial charge in [0.25, 0.3) is 11.5 Å². The van der Waals surface area contributed by atoms with Gasteiger partial charge in [0.05, 0.1) is 16.8 Å². The Morgan fingerprint density at radius 1 is 1.03 bits per heavy atom. The Kier molecular flexibility index (Phi) is 6.93. The Hall–Kier alpha value is -4.50. The summed E-state index contributed by atoms with van der Waals surface area (Å²) in [6.07, 6.45) is -1.14. The van der Waals surface area contributed by atoms with Crippen molar-refractivity contribution in [1.82, 2.24) is 9.55 Å². The monoisotopic (exact) mass is 527 g/mol. The van der Waals surface area contributed by atoms with Crippen molar-refractivity contribution < 1.29 is 19.1 Å². The fourth-order valence-electron chi connectivity index (χ4n) is 4.29. The number of nitrogens with one attached hydrogen (secondary N) is 1. The van der Waals surface area contributed by atoms with Gasteiger partial charge in [0, 0.05) is 18.0 Å². The molecule has 0 aliphatic heterocycles. The quantitative estimate of drug-likeness (QED) is 0.285. The van der Waals surface area contributed by atoms with Gasteiger partial charge in [-0.2, -0.15) is 0 Å². The highest BCUT2D eigenvalue weighted by Gasteiger charge is 2.26. The number of carbonyl (C=O) groups is 2. The Morgan fingerprint density at radius 2 is 1.74 bits per heavy atom. The Bertz CT molecular complexity index is 1730. The first-order valence-corrected chi connectivity index (χ1v) is 12.9. The van der Waals surface area contributed by atoms with Gasteiger partial charge in [0.15, 0.2) is 11.2 Å². The molecule has 0 spiro atoms. The number of hydrogen-bond acceptors (Lipinski definition) is 7. The zero-order valence-corrected chi connectivity index (χ0v) is 21.9. The summed E-state index contributed by atoms with van der Waals surface area (Å²) in [5.41, 5.74) is 1.78. The number of ether oxygens (including phenoxy) is 2. The van der Waals surface area contributed by atoms with Gasteiger partial charge in [0.1, 0.15) is 11.4 Å². The van der Waals surface area contributed by atoms with Crippen LogP contribution in [0.15, 0.2) is 77.6 Å². The van der Waals surface area contributed by atoms with Crippen LogP contribution in [0.2, 0.25) is 0 Å². The molecule has 9 heteroatoms. The molecule has 0 saturated carbocycles. The van der Waals surface area contributed by atoms with E-state index in [1.54, 1.807) is 18.2 Å². The summed E-state index contributed by atoms with van der Waals surface area (Å²) >= 11 is 1.29. The number of rotatable bonds is 7. The summed E-state index contributed by atoms with van der Waals surface area (Å²) in [4.78, 5) is 43.9. The number of aromatic nitrogens is 2. The first kappa shape index (κ1) is 25.2. The summed E-state index contributed by atoms with van der Waals surface area (Å²) < 4.78 is 13.2. The van der Waals surface area contributed by atoms with Crippen molar-refractivity contribution in [1.29, 1.82) is 0 Å². The van der Waals surface area contributed by atoms with Gasteiger partial charge in [-0.25, -0.2) is 9.78 Å². The predicted octanol–water partition coefficient (Wildman–Crippen LogP) is 5.40. The lowest BCUT2D eigenvalue weighted by atomic mass is 9.97. The Morgan fingerprint density at radius 3 is 2.47 bits per heavy atom. The minimum atomic E-state index is -1.14. The van der Waals surface area contributed by atoms with Gasteiger partial charge in [-0.1, -0.05) is 59.9 Å². The van der Waals surface area contributed by atoms with E-state index in [9.17, 15) is 14.4 Å². The average molecular weight is 528 g/mol. The Balaban J connectivity index is 1.43. The normalized spacial score (nSPS) is 11.9. The number of hydrogen-bond donors (Lipinski definition) is 1. The van der Waals surface area contributed by atoms with Gasteiger partial charge in [-0.3, -0.25) is 14.9 Å². The fraction of sp³-hybridized carbons (Fsp3) is 0.172. The van der Waals surface area contributed by atoms with Crippen molar-refractivity contribution >= 4 is 49.3 Å². The van der Waals surface area contributed by atoms with Gasteiger partial charge < -0.3 is 14.0 Å². The van der Waals surface area contributed by atoms with Crippen LogP contribution in [-0.4, -0.2) is 34.1 Å². The standard InChI is InChI=1S/C29H25N3O5S/c1-4-36-19-14-15-22-23(16-19)38-29(30-22)31-26(33)17(2)37-28(35)25-24(18-10-6-5-7-11-18)20-12-8-9-13-21(20)27(34)32(25)3/h5-17H,4H2,1-3H3,(H,30,31,33). The molecule has 1 unspecified atom stereocenters. The van der Waals surface area contributed by atoms with Gasteiger partial charge in [0.2, 0.25) is 0 Å². The summed E-state index contributed by atoms with van der Waals surface area (Å²) in [6, 6.07) is 21.9. The summed E-state index contributed by atoms with van der Waals surface area (Å²) in [5, 5.41) is 4.22. The lowest BCUT2D eigenvalue weighted by Gasteiger charge is -2.18. The minimum Gasteiger partial charge on any atom is -0.494 e. The number of carbonyl (C=O) groups excluding carboxylic acids is 2. The number of anilines is 1. The second kappa shape index (κ2) is 10.5. The molecular formula is C29H25N3O5S. The Labute approximate surface area is 222 Å². The van der Waals surface area contributed by atoms with E-state index in [0.717, 1.165) is 21.5 Å². The van der Waals surface area contributed by atoms with Crippen LogP contribution in [0.3, 0.4) is 0 Å². The molecule has 3 aromatic carbocycles. The highest BCUT2D eigenvalue weighted by Crippen LogP contribution is 2.32. The molecule has 5 rings (SSSR count). The summed E-state index contributed by atoms with van der Waals surface area (Å²) in [6.45, 7) is 3.93. The van der Waals surface area contributed by atoms with E-state index in [-0.39, 0.29) is 11.3 Å². The van der Waals surface area contributed by atoms with Crippen molar-refractivity contribution in [2.24, 2.45) is 7.05 Å². The number of esters is 1. The van der Waals surface area contributed by atoms with E-state index in [1.165, 1.54) is 29.9 Å². The zero-order valence-electron chi connectivity index (χ0n) is 21.1. The SMILES string of the molecule is CCOc1ccc2nc(NC(=O)C(C)OC(=O)c3c(-c4ccccc4)c4ccccc4c(=O)n3C)sc2c1. The van der Waals surface area contributed by atoms with Crippen molar-refractivity contribution in [3.05, 3.63) is 88.8 Å². The first-order valence-electron chi connectivity index (χ1n) is 12.1. The number of fused-ring (bicyclic) bond motifs is 2. The van der Waals surface area contributed by atoms with Crippen LogP contribution in [0.4, 0.5) is 5.13 Å². The van der Waals surface area contributed by atoms with E-state index >= 15 is 0 Å². The highest BCUT2D eigenvalue weighted by atomic mass is 32.1. The van der Waals surface area contributed by atoms with Crippen LogP contribution in [0, 0.1) is 0 Å². The smallest absolute Gasteiger partial charge is 0.356 e. The molecule has 0 aliphatic rings. The van der Waals surface area contributed by atoms with Gasteiger partial charge in [-0.15, -0.1) is 0 Å². The summed E-state index contributed by atoms with van der Waals surface area (Å²) in [7, 11) is 1.53. The molecule has 2 heterocycles. The third kappa shape index (κ3) is 4.76. The largest absolute Gasteiger partial charge is 0.494 e. The molecule has 2 aromatic heterocycles. The predicted molar refractivity (Wildman–Crippen MR) is 149 cm³/mol. The van der Waals surface area contributed by atoms with Gasteiger partial charge >= 0.3 is 5.97 Å². The number of pyridine rings is 1. The molecule has 1 atom stereocenters. The number of thiazole rings is 1. The average Bonchev–Trinajstić information content (AvgIpc) is 3.32. The molecule has 5 aromatic rings. The van der Waals surface area contributed by atoms with E-state index < -0.39 is 18.0 Å². The van der Waals surface area contributed by atoms with E-state index in [4.69, 9.17) is 9.47 Å². The number of benzene rings is 3. The van der Waals surface area contributed by atoms with Crippen molar-refractivity contribution in [2.45, 2.75) is 20.0 Å². The molecule has 8 nitrogen and oxygen atoms in total. The maximum atomic E-state index is 13.5. The van der Waals surface area contributed by atoms with Crippen LogP contribution >= 0.6 is 11.3 Å². The molecule has 0 bridgehead atoms.